The lowest BCUT2D eigenvalue weighted by atomic mass is 9.98. The molecule has 2 N–H and O–H groups in total. The smallest absolute Gasteiger partial charge is 0.140 e. The van der Waals surface area contributed by atoms with Gasteiger partial charge >= 0.3 is 0 Å². The first kappa shape index (κ1) is 13.7. The molecule has 1 fully saturated rings. The first-order valence-corrected chi connectivity index (χ1v) is 6.69. The number of nitrogens with zero attached hydrogens (tertiary/aromatic N) is 1. The van der Waals surface area contributed by atoms with Crippen LogP contribution in [0.5, 0.6) is 5.75 Å². The fraction of sp³-hybridized carbons (Fsp3) is 0.571. The molecule has 0 aliphatic carbocycles. The summed E-state index contributed by atoms with van der Waals surface area (Å²) in [5.74, 6) is 1.36. The zero-order chi connectivity index (χ0) is 13.3. The van der Waals surface area contributed by atoms with Crippen LogP contribution in [0.1, 0.15) is 23.6 Å². The summed E-state index contributed by atoms with van der Waals surface area (Å²) in [4.78, 5) is 2.36. The second-order valence-corrected chi connectivity index (χ2v) is 5.55. The Labute approximate surface area is 114 Å². The van der Waals surface area contributed by atoms with E-state index in [4.69, 9.17) is 22.1 Å². The fourth-order valence-corrected chi connectivity index (χ4v) is 3.23. The van der Waals surface area contributed by atoms with E-state index < -0.39 is 0 Å². The molecule has 2 atom stereocenters. The van der Waals surface area contributed by atoms with Crippen molar-refractivity contribution in [2.45, 2.75) is 19.4 Å². The SMILES string of the molecule is COc1c(C)cc(C2CC(CN)CN2C)cc1Cl. The van der Waals surface area contributed by atoms with E-state index in [9.17, 15) is 0 Å². The summed E-state index contributed by atoms with van der Waals surface area (Å²) in [6.07, 6.45) is 1.11. The van der Waals surface area contributed by atoms with Gasteiger partial charge in [-0.05, 0) is 50.0 Å². The Morgan fingerprint density at radius 1 is 1.50 bits per heavy atom. The monoisotopic (exact) mass is 268 g/mol. The van der Waals surface area contributed by atoms with Crippen molar-refractivity contribution in [3.63, 3.8) is 0 Å². The number of hydrogen-bond acceptors (Lipinski definition) is 3. The minimum Gasteiger partial charge on any atom is -0.495 e. The van der Waals surface area contributed by atoms with Gasteiger partial charge in [-0.1, -0.05) is 17.7 Å². The molecule has 18 heavy (non-hydrogen) atoms. The third kappa shape index (κ3) is 2.48. The van der Waals surface area contributed by atoms with Crippen molar-refractivity contribution in [3.05, 3.63) is 28.3 Å². The molecule has 0 bridgehead atoms. The number of hydrogen-bond donors (Lipinski definition) is 1. The molecule has 2 unspecified atom stereocenters. The third-order valence-corrected chi connectivity index (χ3v) is 4.09. The standard InChI is InChI=1S/C14H21ClN2O/c1-9-4-11(6-12(15)14(9)18-3)13-5-10(7-16)8-17(13)2/h4,6,10,13H,5,7-8,16H2,1-3H3. The Bertz CT molecular complexity index is 413. The highest BCUT2D eigenvalue weighted by molar-refractivity contribution is 6.32. The van der Waals surface area contributed by atoms with Crippen LogP contribution in [-0.2, 0) is 0 Å². The third-order valence-electron chi connectivity index (χ3n) is 3.81. The molecule has 1 aromatic rings. The first-order valence-electron chi connectivity index (χ1n) is 6.31. The number of benzene rings is 1. The van der Waals surface area contributed by atoms with Crippen LogP contribution < -0.4 is 10.5 Å². The Morgan fingerprint density at radius 3 is 2.72 bits per heavy atom. The van der Waals surface area contributed by atoms with Crippen LogP contribution in [0.25, 0.3) is 0 Å². The highest BCUT2D eigenvalue weighted by Crippen LogP contribution is 2.38. The molecule has 0 amide bonds. The number of rotatable bonds is 3. The zero-order valence-corrected chi connectivity index (χ0v) is 12.0. The van der Waals surface area contributed by atoms with Crippen LogP contribution >= 0.6 is 11.6 Å². The molecule has 100 valence electrons. The predicted octanol–water partition coefficient (Wildman–Crippen LogP) is 2.61. The normalized spacial score (nSPS) is 24.5. The van der Waals surface area contributed by atoms with Crippen molar-refractivity contribution in [2.75, 3.05) is 27.2 Å². The number of likely N-dealkylation sites (tertiary alicyclic amines) is 1. The van der Waals surface area contributed by atoms with E-state index in [1.54, 1.807) is 7.11 Å². The molecule has 1 aliphatic heterocycles. The summed E-state index contributed by atoms with van der Waals surface area (Å²) in [5.41, 5.74) is 8.12. The molecule has 0 radical (unpaired) electrons. The Balaban J connectivity index is 2.29. The maximum Gasteiger partial charge on any atom is 0.140 e. The van der Waals surface area contributed by atoms with Gasteiger partial charge in [-0.25, -0.2) is 0 Å². The van der Waals surface area contributed by atoms with Crippen LogP contribution in [0.4, 0.5) is 0 Å². The lowest BCUT2D eigenvalue weighted by molar-refractivity contribution is 0.313. The summed E-state index contributed by atoms with van der Waals surface area (Å²) in [5, 5.41) is 0.692. The molecule has 0 aromatic heterocycles. The molecule has 1 heterocycles. The highest BCUT2D eigenvalue weighted by Gasteiger charge is 2.30. The van der Waals surface area contributed by atoms with E-state index in [1.165, 1.54) is 5.56 Å². The topological polar surface area (TPSA) is 38.5 Å². The number of aryl methyl sites for hydroxylation is 1. The maximum absolute atomic E-state index is 6.26. The predicted molar refractivity (Wildman–Crippen MR) is 75.3 cm³/mol. The van der Waals surface area contributed by atoms with Gasteiger partial charge in [0, 0.05) is 12.6 Å². The van der Waals surface area contributed by atoms with E-state index in [-0.39, 0.29) is 0 Å². The van der Waals surface area contributed by atoms with Crippen molar-refractivity contribution in [2.24, 2.45) is 11.7 Å². The highest BCUT2D eigenvalue weighted by atomic mass is 35.5. The summed E-state index contributed by atoms with van der Waals surface area (Å²) in [6, 6.07) is 4.61. The average molecular weight is 269 g/mol. The van der Waals surface area contributed by atoms with E-state index in [0.717, 1.165) is 30.8 Å². The minimum atomic E-state index is 0.417. The zero-order valence-electron chi connectivity index (χ0n) is 11.2. The van der Waals surface area contributed by atoms with Gasteiger partial charge in [-0.2, -0.15) is 0 Å². The van der Waals surface area contributed by atoms with E-state index in [2.05, 4.69) is 18.0 Å². The van der Waals surface area contributed by atoms with Crippen LogP contribution in [-0.4, -0.2) is 32.1 Å². The van der Waals surface area contributed by atoms with E-state index in [1.807, 2.05) is 13.0 Å². The first-order chi connectivity index (χ1) is 8.56. The van der Waals surface area contributed by atoms with E-state index in [0.29, 0.717) is 17.0 Å². The molecular weight excluding hydrogens is 248 g/mol. The van der Waals surface area contributed by atoms with Gasteiger partial charge in [0.25, 0.3) is 0 Å². The van der Waals surface area contributed by atoms with Crippen molar-refractivity contribution < 1.29 is 4.74 Å². The molecule has 1 aromatic carbocycles. The maximum atomic E-state index is 6.26. The largest absolute Gasteiger partial charge is 0.495 e. The fourth-order valence-electron chi connectivity index (χ4n) is 2.87. The molecule has 1 saturated heterocycles. The molecular formula is C14H21ClN2O. The van der Waals surface area contributed by atoms with Gasteiger partial charge in [0.05, 0.1) is 12.1 Å². The number of ether oxygens (including phenoxy) is 1. The number of nitrogens with two attached hydrogens (primary N) is 1. The molecule has 3 nitrogen and oxygen atoms in total. The van der Waals surface area contributed by atoms with Gasteiger partial charge < -0.3 is 10.5 Å². The molecule has 0 spiro atoms. The van der Waals surface area contributed by atoms with Crippen LogP contribution in [0.3, 0.4) is 0 Å². The van der Waals surface area contributed by atoms with Crippen LogP contribution in [0.2, 0.25) is 5.02 Å². The Hall–Kier alpha value is -0.770. The van der Waals surface area contributed by atoms with Crippen molar-refractivity contribution in [3.8, 4) is 5.75 Å². The van der Waals surface area contributed by atoms with Gasteiger partial charge in [0.1, 0.15) is 5.75 Å². The van der Waals surface area contributed by atoms with Gasteiger partial charge in [0.2, 0.25) is 0 Å². The van der Waals surface area contributed by atoms with Crippen LogP contribution in [0.15, 0.2) is 12.1 Å². The average Bonchev–Trinajstić information content (AvgIpc) is 2.70. The second kappa shape index (κ2) is 5.47. The molecule has 2 rings (SSSR count). The summed E-state index contributed by atoms with van der Waals surface area (Å²) in [7, 11) is 3.80. The summed E-state index contributed by atoms with van der Waals surface area (Å²) in [6.45, 7) is 3.84. The summed E-state index contributed by atoms with van der Waals surface area (Å²) < 4.78 is 5.30. The second-order valence-electron chi connectivity index (χ2n) is 5.15. The lowest BCUT2D eigenvalue weighted by Crippen LogP contribution is -2.20. The van der Waals surface area contributed by atoms with Crippen molar-refractivity contribution >= 4 is 11.6 Å². The van der Waals surface area contributed by atoms with Gasteiger partial charge in [0.15, 0.2) is 0 Å². The number of halogens is 1. The number of methoxy groups -OCH3 is 1. The van der Waals surface area contributed by atoms with Crippen molar-refractivity contribution in [1.29, 1.82) is 0 Å². The van der Waals surface area contributed by atoms with E-state index >= 15 is 0 Å². The Kier molecular flexibility index (Phi) is 4.15. The quantitative estimate of drug-likeness (QED) is 0.916. The molecule has 0 saturated carbocycles. The minimum absolute atomic E-state index is 0.417. The molecule has 1 aliphatic rings. The van der Waals surface area contributed by atoms with Gasteiger partial charge in [-0.3, -0.25) is 4.90 Å². The summed E-state index contributed by atoms with van der Waals surface area (Å²) >= 11 is 6.26. The molecule has 4 heteroatoms. The van der Waals surface area contributed by atoms with Crippen LogP contribution in [0, 0.1) is 12.8 Å². The lowest BCUT2D eigenvalue weighted by Gasteiger charge is -2.21. The Morgan fingerprint density at radius 2 is 2.22 bits per heavy atom. The van der Waals surface area contributed by atoms with Crippen molar-refractivity contribution in [1.82, 2.24) is 4.90 Å². The van der Waals surface area contributed by atoms with Gasteiger partial charge in [-0.15, -0.1) is 0 Å².